The number of pyridine rings is 1. The second-order valence-corrected chi connectivity index (χ2v) is 4.44. The van der Waals surface area contributed by atoms with E-state index < -0.39 is 0 Å². The molecular weight excluding hydrogens is 240 g/mol. The molecule has 17 heavy (non-hydrogen) atoms. The Morgan fingerprint density at radius 3 is 2.82 bits per heavy atom. The lowest BCUT2D eigenvalue weighted by atomic mass is 10.4. The van der Waals surface area contributed by atoms with Crippen LogP contribution in [-0.2, 0) is 4.79 Å². The maximum absolute atomic E-state index is 11.8. The maximum Gasteiger partial charge on any atom is 0.241 e. The van der Waals surface area contributed by atoms with E-state index in [2.05, 4.69) is 10.3 Å². The van der Waals surface area contributed by atoms with E-state index in [0.29, 0.717) is 16.7 Å². The fourth-order valence-corrected chi connectivity index (χ4v) is 2.07. The van der Waals surface area contributed by atoms with Crippen molar-refractivity contribution in [3.05, 3.63) is 17.3 Å². The molecule has 6 heteroatoms. The van der Waals surface area contributed by atoms with E-state index in [0.717, 1.165) is 25.9 Å². The third-order valence-corrected chi connectivity index (χ3v) is 2.89. The van der Waals surface area contributed by atoms with Crippen LogP contribution in [0.2, 0.25) is 5.15 Å². The molecule has 1 amide bonds. The summed E-state index contributed by atoms with van der Waals surface area (Å²) in [6.45, 7) is 1.93. The monoisotopic (exact) mass is 254 g/mol. The molecule has 0 bridgehead atoms. The number of halogens is 1. The fraction of sp³-hybridized carbons (Fsp3) is 0.455. The van der Waals surface area contributed by atoms with Crippen molar-refractivity contribution < 1.29 is 4.79 Å². The Hall–Kier alpha value is -1.49. The molecule has 3 N–H and O–H groups in total. The van der Waals surface area contributed by atoms with Crippen LogP contribution in [0.3, 0.4) is 0 Å². The molecule has 0 aliphatic carbocycles. The van der Waals surface area contributed by atoms with Gasteiger partial charge in [0.2, 0.25) is 5.91 Å². The quantitative estimate of drug-likeness (QED) is 0.799. The van der Waals surface area contributed by atoms with Gasteiger partial charge in [0, 0.05) is 24.8 Å². The lowest BCUT2D eigenvalue weighted by Crippen LogP contribution is -2.33. The first kappa shape index (κ1) is 12.0. The van der Waals surface area contributed by atoms with E-state index >= 15 is 0 Å². The molecule has 92 valence electrons. The number of amides is 1. The number of carbonyl (C=O) groups is 1. The standard InChI is InChI=1S/C11H15ClN4O/c12-9-5-8(13)6-10(15-9)14-7-11(17)16-3-1-2-4-16/h5-6H,1-4,7H2,(H3,13,14,15). The van der Waals surface area contributed by atoms with Crippen LogP contribution < -0.4 is 11.1 Å². The normalized spacial score (nSPS) is 15.0. The van der Waals surface area contributed by atoms with E-state index in [1.54, 1.807) is 12.1 Å². The maximum atomic E-state index is 11.8. The second-order valence-electron chi connectivity index (χ2n) is 4.05. The van der Waals surface area contributed by atoms with Gasteiger partial charge in [-0.2, -0.15) is 0 Å². The van der Waals surface area contributed by atoms with Crippen LogP contribution >= 0.6 is 11.6 Å². The van der Waals surface area contributed by atoms with Gasteiger partial charge in [-0.1, -0.05) is 11.6 Å². The van der Waals surface area contributed by atoms with Crippen LogP contribution in [0.1, 0.15) is 12.8 Å². The Morgan fingerprint density at radius 2 is 2.18 bits per heavy atom. The molecule has 0 atom stereocenters. The minimum absolute atomic E-state index is 0.0860. The summed E-state index contributed by atoms with van der Waals surface area (Å²) in [4.78, 5) is 17.6. The average molecular weight is 255 g/mol. The van der Waals surface area contributed by atoms with E-state index in [1.165, 1.54) is 0 Å². The second kappa shape index (κ2) is 5.23. The highest BCUT2D eigenvalue weighted by Gasteiger charge is 2.17. The summed E-state index contributed by atoms with van der Waals surface area (Å²) < 4.78 is 0. The predicted octanol–water partition coefficient (Wildman–Crippen LogP) is 1.35. The molecule has 1 saturated heterocycles. The average Bonchev–Trinajstić information content (AvgIpc) is 2.78. The molecule has 0 radical (unpaired) electrons. The number of hydrogen-bond donors (Lipinski definition) is 2. The number of nitrogens with zero attached hydrogens (tertiary/aromatic N) is 2. The van der Waals surface area contributed by atoms with Gasteiger partial charge in [-0.15, -0.1) is 0 Å². The molecule has 1 fully saturated rings. The smallest absolute Gasteiger partial charge is 0.241 e. The van der Waals surface area contributed by atoms with Gasteiger partial charge in [-0.25, -0.2) is 4.98 Å². The van der Waals surface area contributed by atoms with Crippen molar-refractivity contribution in [1.82, 2.24) is 9.88 Å². The summed E-state index contributed by atoms with van der Waals surface area (Å²) >= 11 is 5.77. The van der Waals surface area contributed by atoms with E-state index in [1.807, 2.05) is 4.90 Å². The molecule has 0 aromatic carbocycles. The van der Waals surface area contributed by atoms with Gasteiger partial charge >= 0.3 is 0 Å². The molecule has 5 nitrogen and oxygen atoms in total. The van der Waals surface area contributed by atoms with Gasteiger partial charge in [0.15, 0.2) is 0 Å². The SMILES string of the molecule is Nc1cc(Cl)nc(NCC(=O)N2CCCC2)c1. The third kappa shape index (κ3) is 3.23. The highest BCUT2D eigenvalue weighted by Crippen LogP contribution is 2.15. The summed E-state index contributed by atoms with van der Waals surface area (Å²) in [5.41, 5.74) is 6.16. The fourth-order valence-electron chi connectivity index (χ4n) is 1.85. The Bertz CT molecular complexity index is 398. The van der Waals surface area contributed by atoms with Crippen LogP contribution in [0.4, 0.5) is 11.5 Å². The van der Waals surface area contributed by atoms with E-state index in [9.17, 15) is 4.79 Å². The van der Waals surface area contributed by atoms with E-state index in [-0.39, 0.29) is 12.5 Å². The molecular formula is C11H15ClN4O. The lowest BCUT2D eigenvalue weighted by molar-refractivity contribution is -0.128. The molecule has 1 aliphatic heterocycles. The largest absolute Gasteiger partial charge is 0.399 e. The highest BCUT2D eigenvalue weighted by molar-refractivity contribution is 6.29. The Labute approximate surface area is 105 Å². The molecule has 1 aliphatic rings. The van der Waals surface area contributed by atoms with Crippen LogP contribution in [-0.4, -0.2) is 35.4 Å². The number of hydrogen-bond acceptors (Lipinski definition) is 4. The first-order chi connectivity index (χ1) is 8.15. The van der Waals surface area contributed by atoms with Crippen molar-refractivity contribution in [2.75, 3.05) is 30.7 Å². The minimum Gasteiger partial charge on any atom is -0.399 e. The summed E-state index contributed by atoms with van der Waals surface area (Å²) in [5.74, 6) is 0.616. The van der Waals surface area contributed by atoms with Crippen LogP contribution in [0, 0.1) is 0 Å². The summed E-state index contributed by atoms with van der Waals surface area (Å²) in [6.07, 6.45) is 2.18. The zero-order valence-corrected chi connectivity index (χ0v) is 10.2. The van der Waals surface area contributed by atoms with Crippen molar-refractivity contribution in [3.63, 3.8) is 0 Å². The summed E-state index contributed by atoms with van der Waals surface area (Å²) in [6, 6.07) is 3.22. The van der Waals surface area contributed by atoms with Crippen molar-refractivity contribution in [1.29, 1.82) is 0 Å². The Kier molecular flexibility index (Phi) is 3.68. The van der Waals surface area contributed by atoms with Crippen molar-refractivity contribution in [2.24, 2.45) is 0 Å². The number of aromatic nitrogens is 1. The number of nitrogens with one attached hydrogen (secondary N) is 1. The zero-order chi connectivity index (χ0) is 12.3. The Morgan fingerprint density at radius 1 is 1.47 bits per heavy atom. The van der Waals surface area contributed by atoms with Gasteiger partial charge in [-0.05, 0) is 18.9 Å². The van der Waals surface area contributed by atoms with Crippen LogP contribution in [0.15, 0.2) is 12.1 Å². The number of carbonyl (C=O) groups excluding carboxylic acids is 1. The summed E-state index contributed by atoms with van der Waals surface area (Å²) in [5, 5.41) is 3.26. The van der Waals surface area contributed by atoms with Gasteiger partial charge in [-0.3, -0.25) is 4.79 Å². The number of anilines is 2. The zero-order valence-electron chi connectivity index (χ0n) is 9.45. The van der Waals surface area contributed by atoms with Gasteiger partial charge < -0.3 is 16.0 Å². The lowest BCUT2D eigenvalue weighted by Gasteiger charge is -2.15. The molecule has 2 rings (SSSR count). The van der Waals surface area contributed by atoms with Gasteiger partial charge in [0.05, 0.1) is 6.54 Å². The molecule has 0 spiro atoms. The van der Waals surface area contributed by atoms with Crippen LogP contribution in [0.25, 0.3) is 0 Å². The topological polar surface area (TPSA) is 71.2 Å². The highest BCUT2D eigenvalue weighted by atomic mass is 35.5. The molecule has 1 aromatic rings. The van der Waals surface area contributed by atoms with Crippen molar-refractivity contribution in [2.45, 2.75) is 12.8 Å². The third-order valence-electron chi connectivity index (χ3n) is 2.70. The first-order valence-electron chi connectivity index (χ1n) is 5.60. The van der Waals surface area contributed by atoms with Gasteiger partial charge in [0.25, 0.3) is 0 Å². The number of rotatable bonds is 3. The molecule has 0 saturated carbocycles. The predicted molar refractivity (Wildman–Crippen MR) is 68.0 cm³/mol. The van der Waals surface area contributed by atoms with Gasteiger partial charge in [0.1, 0.15) is 11.0 Å². The number of nitrogen functional groups attached to an aromatic ring is 1. The molecule has 1 aromatic heterocycles. The van der Waals surface area contributed by atoms with Crippen molar-refractivity contribution in [3.8, 4) is 0 Å². The van der Waals surface area contributed by atoms with Crippen molar-refractivity contribution >= 4 is 29.0 Å². The number of nitrogens with two attached hydrogens (primary N) is 1. The Balaban J connectivity index is 1.90. The van der Waals surface area contributed by atoms with Crippen LogP contribution in [0.5, 0.6) is 0 Å². The van der Waals surface area contributed by atoms with E-state index in [4.69, 9.17) is 17.3 Å². The molecule has 0 unspecified atom stereocenters. The molecule has 2 heterocycles. The minimum atomic E-state index is 0.0860. The first-order valence-corrected chi connectivity index (χ1v) is 5.97. The number of likely N-dealkylation sites (tertiary alicyclic amines) is 1. The summed E-state index contributed by atoms with van der Waals surface area (Å²) in [7, 11) is 0.